The lowest BCUT2D eigenvalue weighted by Crippen LogP contribution is -2.46. The van der Waals surface area contributed by atoms with Crippen LogP contribution in [0.3, 0.4) is 0 Å². The van der Waals surface area contributed by atoms with Gasteiger partial charge in [-0.05, 0) is 24.3 Å². The maximum absolute atomic E-state index is 12.9. The summed E-state index contributed by atoms with van der Waals surface area (Å²) in [5.74, 6) is 0.0295. The number of thiazole rings is 1. The van der Waals surface area contributed by atoms with Gasteiger partial charge in [0.25, 0.3) is 10.0 Å². The van der Waals surface area contributed by atoms with Crippen LogP contribution in [0, 0.1) is 0 Å². The van der Waals surface area contributed by atoms with E-state index in [1.165, 1.54) is 47.4 Å². The van der Waals surface area contributed by atoms with E-state index in [1.807, 2.05) is 0 Å². The number of thioether (sulfide) groups is 1. The van der Waals surface area contributed by atoms with Gasteiger partial charge in [-0.15, -0.1) is 34.4 Å². The van der Waals surface area contributed by atoms with E-state index in [4.69, 9.17) is 11.6 Å². The Labute approximate surface area is 204 Å². The number of sulfonamides is 1. The average molecular weight is 554 g/mol. The van der Waals surface area contributed by atoms with Crippen LogP contribution in [-0.4, -0.2) is 41.3 Å². The number of alkyl halides is 3. The second-order valence-electron chi connectivity index (χ2n) is 6.89. The van der Waals surface area contributed by atoms with Crippen molar-refractivity contribution in [2.45, 2.75) is 23.0 Å². The highest BCUT2D eigenvalue weighted by molar-refractivity contribution is 8.01. The minimum atomic E-state index is -4.41. The molecular weight excluding hydrogens is 539 g/mol. The van der Waals surface area contributed by atoms with Gasteiger partial charge in [0.15, 0.2) is 0 Å². The van der Waals surface area contributed by atoms with Crippen molar-refractivity contribution in [1.82, 2.24) is 14.6 Å². The van der Waals surface area contributed by atoms with Gasteiger partial charge in [-0.25, -0.2) is 13.4 Å². The van der Waals surface area contributed by atoms with E-state index in [0.717, 1.165) is 27.8 Å². The summed E-state index contributed by atoms with van der Waals surface area (Å²) in [6.45, 7) is 0.0734. The summed E-state index contributed by atoms with van der Waals surface area (Å²) in [6, 6.07) is 6.71. The third kappa shape index (κ3) is 5.38. The summed E-state index contributed by atoms with van der Waals surface area (Å²) in [6.07, 6.45) is -4.41. The zero-order chi connectivity index (χ0) is 23.8. The van der Waals surface area contributed by atoms with Gasteiger partial charge < -0.3 is 5.32 Å². The fraction of sp³-hybridized carbons (Fsp3) is 0.263. The van der Waals surface area contributed by atoms with Gasteiger partial charge in [-0.1, -0.05) is 23.7 Å². The summed E-state index contributed by atoms with van der Waals surface area (Å²) in [5, 5.41) is 4.94. The lowest BCUT2D eigenvalue weighted by Gasteiger charge is -2.21. The molecule has 3 aromatic rings. The molecule has 3 heterocycles. The van der Waals surface area contributed by atoms with Crippen LogP contribution in [0.5, 0.6) is 0 Å². The molecule has 14 heteroatoms. The number of nitrogens with zero attached hydrogens (tertiary/aromatic N) is 2. The summed E-state index contributed by atoms with van der Waals surface area (Å²) in [7, 11) is -3.85. The third-order valence-electron chi connectivity index (χ3n) is 4.73. The van der Waals surface area contributed by atoms with E-state index in [1.54, 1.807) is 5.38 Å². The number of nitrogens with one attached hydrogen (secondary N) is 1. The van der Waals surface area contributed by atoms with Crippen LogP contribution in [0.25, 0.3) is 11.3 Å². The van der Waals surface area contributed by atoms with Crippen molar-refractivity contribution in [2.75, 3.05) is 11.6 Å². The topological polar surface area (TPSA) is 79.4 Å². The Morgan fingerprint density at radius 1 is 1.21 bits per heavy atom. The van der Waals surface area contributed by atoms with Gasteiger partial charge in [-0.2, -0.15) is 17.5 Å². The Balaban J connectivity index is 1.40. The molecule has 0 radical (unpaired) electrons. The van der Waals surface area contributed by atoms with E-state index in [-0.39, 0.29) is 16.6 Å². The fourth-order valence-electron chi connectivity index (χ4n) is 3.06. The number of benzene rings is 1. The van der Waals surface area contributed by atoms with Crippen molar-refractivity contribution in [3.8, 4) is 11.3 Å². The second-order valence-corrected chi connectivity index (χ2v) is 12.7. The molecule has 0 saturated carbocycles. The number of amides is 1. The van der Waals surface area contributed by atoms with Crippen molar-refractivity contribution in [1.29, 1.82) is 0 Å². The Morgan fingerprint density at radius 2 is 1.94 bits per heavy atom. The predicted molar refractivity (Wildman–Crippen MR) is 124 cm³/mol. The molecule has 1 fully saturated rings. The molecule has 0 unspecified atom stereocenters. The molecule has 1 atom stereocenters. The number of carbonyl (C=O) groups excluding carboxylic acids is 1. The summed E-state index contributed by atoms with van der Waals surface area (Å²) in [5.41, 5.74) is 0.275. The molecule has 6 nitrogen and oxygen atoms in total. The van der Waals surface area contributed by atoms with Crippen LogP contribution in [0.2, 0.25) is 4.34 Å². The zero-order valence-electron chi connectivity index (χ0n) is 16.5. The normalized spacial score (nSPS) is 17.4. The molecule has 1 aromatic carbocycles. The van der Waals surface area contributed by atoms with Gasteiger partial charge in [0.1, 0.15) is 15.3 Å². The van der Waals surface area contributed by atoms with Crippen molar-refractivity contribution in [3.05, 3.63) is 56.7 Å². The third-order valence-corrected chi connectivity index (χ3v) is 10.3. The molecule has 0 spiro atoms. The van der Waals surface area contributed by atoms with Crippen LogP contribution in [0.4, 0.5) is 13.2 Å². The molecule has 0 aliphatic carbocycles. The van der Waals surface area contributed by atoms with Gasteiger partial charge in [0, 0.05) is 16.7 Å². The standard InChI is InChI=1S/C19H15ClF3N3O3S4/c20-15-5-6-17(32-15)33(28,29)26-10-30-9-14(26)18(27)24-7-16-25-13(8-31-16)11-1-3-12(4-2-11)19(21,22)23/h1-6,8,14H,7,9-10H2,(H,24,27)/t14-/m0/s1. The van der Waals surface area contributed by atoms with Crippen molar-refractivity contribution < 1.29 is 26.4 Å². The number of thiophene rings is 1. The molecule has 33 heavy (non-hydrogen) atoms. The van der Waals surface area contributed by atoms with E-state index < -0.39 is 33.7 Å². The Hall–Kier alpha value is -1.64. The maximum Gasteiger partial charge on any atom is 0.416 e. The first-order valence-corrected chi connectivity index (χ1v) is 14.0. The predicted octanol–water partition coefficient (Wildman–Crippen LogP) is 4.92. The van der Waals surface area contributed by atoms with E-state index in [9.17, 15) is 26.4 Å². The lowest BCUT2D eigenvalue weighted by molar-refractivity contribution is -0.137. The van der Waals surface area contributed by atoms with Crippen LogP contribution in [0.1, 0.15) is 10.6 Å². The van der Waals surface area contributed by atoms with Crippen molar-refractivity contribution in [3.63, 3.8) is 0 Å². The number of hydrogen-bond acceptors (Lipinski definition) is 7. The number of hydrogen-bond donors (Lipinski definition) is 1. The van der Waals surface area contributed by atoms with Crippen molar-refractivity contribution in [2.24, 2.45) is 0 Å². The lowest BCUT2D eigenvalue weighted by atomic mass is 10.1. The quantitative estimate of drug-likeness (QED) is 0.468. The van der Waals surface area contributed by atoms with Crippen LogP contribution >= 0.6 is 46.0 Å². The Kier molecular flexibility index (Phi) is 7.08. The summed E-state index contributed by atoms with van der Waals surface area (Å²) >= 11 is 9.38. The molecule has 1 N–H and O–H groups in total. The smallest absolute Gasteiger partial charge is 0.348 e. The number of halogens is 4. The van der Waals surface area contributed by atoms with E-state index in [0.29, 0.717) is 26.4 Å². The van der Waals surface area contributed by atoms with Gasteiger partial charge >= 0.3 is 6.18 Å². The summed E-state index contributed by atoms with van der Waals surface area (Å²) in [4.78, 5) is 17.1. The largest absolute Gasteiger partial charge is 0.416 e. The summed E-state index contributed by atoms with van der Waals surface area (Å²) < 4.78 is 65.5. The van der Waals surface area contributed by atoms with Crippen LogP contribution < -0.4 is 5.32 Å². The minimum absolute atomic E-state index is 0.0734. The average Bonchev–Trinajstić information content (AvgIpc) is 3.52. The molecule has 1 aliphatic heterocycles. The Morgan fingerprint density at radius 3 is 2.58 bits per heavy atom. The van der Waals surface area contributed by atoms with Gasteiger partial charge in [0.2, 0.25) is 5.91 Å². The molecule has 4 rings (SSSR count). The molecule has 1 aliphatic rings. The van der Waals surface area contributed by atoms with E-state index >= 15 is 0 Å². The molecule has 0 bridgehead atoms. The van der Waals surface area contributed by atoms with Gasteiger partial charge in [0.05, 0.1) is 28.0 Å². The van der Waals surface area contributed by atoms with Crippen LogP contribution in [-0.2, 0) is 27.5 Å². The highest BCUT2D eigenvalue weighted by Gasteiger charge is 2.40. The monoisotopic (exact) mass is 553 g/mol. The van der Waals surface area contributed by atoms with Gasteiger partial charge in [-0.3, -0.25) is 4.79 Å². The zero-order valence-corrected chi connectivity index (χ0v) is 20.5. The minimum Gasteiger partial charge on any atom is -0.348 e. The van der Waals surface area contributed by atoms with Crippen molar-refractivity contribution >= 4 is 62.0 Å². The first kappa shape index (κ1) is 24.5. The number of rotatable bonds is 6. The number of carbonyl (C=O) groups is 1. The molecular formula is C19H15ClF3N3O3S4. The Bertz CT molecular complexity index is 1260. The molecule has 1 saturated heterocycles. The van der Waals surface area contributed by atoms with Crippen LogP contribution in [0.15, 0.2) is 46.0 Å². The SMILES string of the molecule is O=C(NCc1nc(-c2ccc(C(F)(F)F)cc2)cs1)[C@@H]1CSCN1S(=O)(=O)c1ccc(Cl)s1. The van der Waals surface area contributed by atoms with E-state index in [2.05, 4.69) is 10.3 Å². The molecule has 1 amide bonds. The first-order chi connectivity index (χ1) is 15.6. The maximum atomic E-state index is 12.9. The fourth-order valence-corrected chi connectivity index (χ4v) is 8.56. The highest BCUT2D eigenvalue weighted by atomic mass is 35.5. The molecule has 176 valence electrons. The number of aromatic nitrogens is 1. The molecule has 2 aromatic heterocycles. The first-order valence-electron chi connectivity index (χ1n) is 9.30. The highest BCUT2D eigenvalue weighted by Crippen LogP contribution is 2.34. The second kappa shape index (κ2) is 9.55.